The van der Waals surface area contributed by atoms with Crippen LogP contribution in [0.25, 0.3) is 0 Å². The van der Waals surface area contributed by atoms with Gasteiger partial charge >= 0.3 is 0 Å². The van der Waals surface area contributed by atoms with Crippen LogP contribution in [0, 0.1) is 0 Å². The first-order valence-electron chi connectivity index (χ1n) is 2.56. The molecule has 0 aliphatic carbocycles. The van der Waals surface area contributed by atoms with Gasteiger partial charge in [0, 0.05) is 10.5 Å². The molecule has 0 N–H and O–H groups in total. The van der Waals surface area contributed by atoms with Crippen LogP contribution in [0.4, 0.5) is 26.7 Å². The summed E-state index contributed by atoms with van der Waals surface area (Å²) < 4.78 is 71.8. The summed E-state index contributed by atoms with van der Waals surface area (Å²) in [5, 5.41) is -6.58. The van der Waals surface area contributed by atoms with Crippen LogP contribution in [0.3, 0.4) is 0 Å². The quantitative estimate of drug-likeness (QED) is 0.326. The van der Waals surface area contributed by atoms with Gasteiger partial charge in [-0.25, -0.2) is 8.78 Å². The van der Waals surface area contributed by atoms with Gasteiger partial charge < -0.3 is 0 Å². The van der Waals surface area contributed by atoms with Crippen LogP contribution in [-0.2, 0) is 0 Å². The van der Waals surface area contributed by atoms with Crippen molar-refractivity contribution in [2.75, 3.05) is 0 Å². The third-order valence-electron chi connectivity index (χ3n) is 1.09. The number of hydrogen-bond acceptors (Lipinski definition) is 4. The minimum absolute atomic E-state index is 1.58. The number of hydrazine groups is 3. The van der Waals surface area contributed by atoms with E-state index in [0.717, 1.165) is 0 Å². The van der Waals surface area contributed by atoms with E-state index in [-0.39, 0.29) is 0 Å². The lowest BCUT2D eigenvalue weighted by Crippen LogP contribution is -2.61. The molecule has 2 atom stereocenters. The summed E-state index contributed by atoms with van der Waals surface area (Å²) in [4.78, 5) is 0. The third-order valence-corrected chi connectivity index (χ3v) is 1.09. The molecule has 72 valence electrons. The second kappa shape index (κ2) is 3.05. The van der Waals surface area contributed by atoms with Crippen molar-refractivity contribution >= 4 is 0 Å². The van der Waals surface area contributed by atoms with Gasteiger partial charge in [0.1, 0.15) is 0 Å². The smallest absolute Gasteiger partial charge is 0.221 e. The summed E-state index contributed by atoms with van der Waals surface area (Å²) >= 11 is 0. The van der Waals surface area contributed by atoms with Crippen molar-refractivity contribution in [1.82, 2.24) is 21.1 Å². The number of rotatable bonds is 0. The van der Waals surface area contributed by atoms with E-state index in [1.807, 2.05) is 0 Å². The highest BCUT2D eigenvalue weighted by molar-refractivity contribution is 4.59. The van der Waals surface area contributed by atoms with Crippen molar-refractivity contribution in [3.63, 3.8) is 0 Å². The van der Waals surface area contributed by atoms with Gasteiger partial charge in [-0.1, -0.05) is 8.96 Å². The van der Waals surface area contributed by atoms with E-state index in [9.17, 15) is 26.7 Å². The van der Waals surface area contributed by atoms with Crippen molar-refractivity contribution in [2.45, 2.75) is 12.6 Å². The number of alkyl halides is 2. The lowest BCUT2D eigenvalue weighted by molar-refractivity contribution is -0.570. The predicted octanol–water partition coefficient (Wildman–Crippen LogP) is 1.08. The molecule has 4 nitrogen and oxygen atoms in total. The summed E-state index contributed by atoms with van der Waals surface area (Å²) in [6.07, 6.45) is -6.54. The summed E-state index contributed by atoms with van der Waals surface area (Å²) in [5.74, 6) is 0. The Morgan fingerprint density at radius 1 is 0.667 bits per heavy atom. The van der Waals surface area contributed by atoms with Gasteiger partial charge in [0.15, 0.2) is 0 Å². The molecule has 1 saturated heterocycles. The molecule has 0 bridgehead atoms. The average molecular weight is 196 g/mol. The molecule has 1 aliphatic rings. The molecule has 1 rings (SSSR count). The highest BCUT2D eigenvalue weighted by atomic mass is 19.3. The fourth-order valence-corrected chi connectivity index (χ4v) is 0.526. The summed E-state index contributed by atoms with van der Waals surface area (Å²) in [6.45, 7) is 0. The molecule has 2 unspecified atom stereocenters. The highest BCUT2D eigenvalue weighted by Gasteiger charge is 2.50. The Kier molecular flexibility index (Phi) is 2.41. The van der Waals surface area contributed by atoms with Crippen molar-refractivity contribution in [1.29, 1.82) is 0 Å². The van der Waals surface area contributed by atoms with Crippen molar-refractivity contribution in [2.24, 2.45) is 0 Å². The predicted molar refractivity (Wildman–Crippen MR) is 21.6 cm³/mol. The van der Waals surface area contributed by atoms with Gasteiger partial charge in [-0.15, -0.1) is 8.96 Å². The molecule has 0 saturated carbocycles. The Hall–Kier alpha value is -0.580. The first kappa shape index (κ1) is 9.51. The maximum atomic E-state index is 12.1. The molecule has 12 heavy (non-hydrogen) atoms. The van der Waals surface area contributed by atoms with E-state index in [1.165, 1.54) is 0 Å². The molecular formula is C2H2F6N4. The molecule has 10 heteroatoms. The molecule has 1 heterocycles. The van der Waals surface area contributed by atoms with Crippen LogP contribution in [0.5, 0.6) is 0 Å². The Bertz CT molecular complexity index is 109. The molecule has 0 spiro atoms. The van der Waals surface area contributed by atoms with E-state index in [2.05, 4.69) is 0 Å². The Morgan fingerprint density at radius 2 is 0.917 bits per heavy atom. The summed E-state index contributed by atoms with van der Waals surface area (Å²) in [6, 6.07) is 0. The molecule has 0 amide bonds. The first-order valence-corrected chi connectivity index (χ1v) is 2.56. The molecule has 1 fully saturated rings. The second-order valence-corrected chi connectivity index (χ2v) is 1.80. The average Bonchev–Trinajstić information content (AvgIpc) is 2.08. The Balaban J connectivity index is 2.76. The van der Waals surface area contributed by atoms with Gasteiger partial charge in [-0.05, 0) is 0 Å². The molecule has 0 aromatic carbocycles. The van der Waals surface area contributed by atoms with Gasteiger partial charge in [-0.3, -0.25) is 0 Å². The molecule has 0 aromatic rings. The fraction of sp³-hybridized carbons (Fsp3) is 1.00. The SMILES string of the molecule is FC1C(F)N(F)N(F)N(F)N1F. The third kappa shape index (κ3) is 1.22. The van der Waals surface area contributed by atoms with Crippen LogP contribution in [0.2, 0.25) is 0 Å². The van der Waals surface area contributed by atoms with E-state index in [1.54, 1.807) is 0 Å². The van der Waals surface area contributed by atoms with Crippen LogP contribution in [-0.4, -0.2) is 33.7 Å². The molecule has 1 aliphatic heterocycles. The maximum absolute atomic E-state index is 12.1. The maximum Gasteiger partial charge on any atom is 0.248 e. The van der Waals surface area contributed by atoms with Gasteiger partial charge in [0.25, 0.3) is 0 Å². The van der Waals surface area contributed by atoms with Gasteiger partial charge in [-0.2, -0.15) is 0 Å². The van der Waals surface area contributed by atoms with Crippen LogP contribution in [0.15, 0.2) is 0 Å². The van der Waals surface area contributed by atoms with Crippen LogP contribution >= 0.6 is 0 Å². The molecular weight excluding hydrogens is 194 g/mol. The first-order chi connectivity index (χ1) is 5.46. The summed E-state index contributed by atoms with van der Waals surface area (Å²) in [5.41, 5.74) is 0. The van der Waals surface area contributed by atoms with Gasteiger partial charge in [0.05, 0.1) is 10.7 Å². The van der Waals surface area contributed by atoms with Crippen LogP contribution in [0.1, 0.15) is 0 Å². The molecule has 0 aromatic heterocycles. The Morgan fingerprint density at radius 3 is 1.17 bits per heavy atom. The minimum atomic E-state index is -3.27. The zero-order valence-corrected chi connectivity index (χ0v) is 5.21. The van der Waals surface area contributed by atoms with Crippen molar-refractivity contribution in [3.05, 3.63) is 0 Å². The summed E-state index contributed by atoms with van der Waals surface area (Å²) in [7, 11) is 0. The lowest BCUT2D eigenvalue weighted by atomic mass is 10.6. The highest BCUT2D eigenvalue weighted by Crippen LogP contribution is 2.27. The topological polar surface area (TPSA) is 13.0 Å². The van der Waals surface area contributed by atoms with E-state index < -0.39 is 33.7 Å². The molecule has 0 radical (unpaired) electrons. The number of nitrogens with zero attached hydrogens (tertiary/aromatic N) is 4. The number of hydrogen-bond donors (Lipinski definition) is 0. The largest absolute Gasteiger partial charge is 0.248 e. The van der Waals surface area contributed by atoms with E-state index >= 15 is 0 Å². The van der Waals surface area contributed by atoms with E-state index in [0.29, 0.717) is 0 Å². The monoisotopic (exact) mass is 196 g/mol. The standard InChI is InChI=1S/C2H2F6N4/c3-1-2(4)10(6)12(8)11(7)9(1)5/h1-2H. The normalized spacial score (nSPS) is 37.5. The van der Waals surface area contributed by atoms with Crippen LogP contribution < -0.4 is 0 Å². The van der Waals surface area contributed by atoms with Gasteiger partial charge in [0.2, 0.25) is 12.6 Å². The lowest BCUT2D eigenvalue weighted by Gasteiger charge is -2.35. The fourth-order valence-electron chi connectivity index (χ4n) is 0.526. The zero-order valence-electron chi connectivity index (χ0n) is 5.21. The van der Waals surface area contributed by atoms with Crippen molar-refractivity contribution in [3.8, 4) is 0 Å². The second-order valence-electron chi connectivity index (χ2n) is 1.80. The Labute approximate surface area is 61.8 Å². The number of halogens is 6. The van der Waals surface area contributed by atoms with E-state index in [4.69, 9.17) is 0 Å². The minimum Gasteiger partial charge on any atom is -0.221 e. The zero-order chi connectivity index (χ0) is 9.46. The van der Waals surface area contributed by atoms with Crippen molar-refractivity contribution < 1.29 is 26.7 Å².